The van der Waals surface area contributed by atoms with Gasteiger partial charge in [-0.1, -0.05) is 36.4 Å². The molecule has 12 heteroatoms. The first-order valence-corrected chi connectivity index (χ1v) is 14.0. The molecule has 6 N–H and O–H groups in total. The fourth-order valence-corrected chi connectivity index (χ4v) is 4.07. The van der Waals surface area contributed by atoms with Crippen LogP contribution in [0.4, 0.5) is 19.3 Å². The van der Waals surface area contributed by atoms with Gasteiger partial charge in [-0.3, -0.25) is 9.59 Å². The summed E-state index contributed by atoms with van der Waals surface area (Å²) >= 11 is 0. The molecule has 0 saturated heterocycles. The van der Waals surface area contributed by atoms with Crippen molar-refractivity contribution in [1.29, 1.82) is 0 Å². The second kappa shape index (κ2) is 15.9. The number of hydrogen-bond acceptors (Lipinski definition) is 7. The Balaban J connectivity index is 1.60. The zero-order valence-electron chi connectivity index (χ0n) is 24.8. The van der Waals surface area contributed by atoms with Crippen molar-refractivity contribution in [2.75, 3.05) is 18.5 Å². The van der Waals surface area contributed by atoms with E-state index in [9.17, 15) is 28.3 Å². The molecule has 0 saturated carbocycles. The maximum Gasteiger partial charge on any atom is 0.408 e. The molecule has 236 valence electrons. The highest BCUT2D eigenvalue weighted by Gasteiger charge is 2.30. The molecule has 10 nitrogen and oxygen atoms in total. The molecular weight excluding hydrogens is 574 g/mol. The Labute approximate surface area is 254 Å². The van der Waals surface area contributed by atoms with Gasteiger partial charge in [0.2, 0.25) is 0 Å². The minimum atomic E-state index is -1.74. The third-order valence-electron chi connectivity index (χ3n) is 6.17. The maximum atomic E-state index is 13.9. The molecule has 3 aromatic carbocycles. The molecule has 0 bridgehead atoms. The first-order chi connectivity index (χ1) is 20.8. The Hall–Kier alpha value is -4.39. The summed E-state index contributed by atoms with van der Waals surface area (Å²) in [4.78, 5) is 38.2. The maximum absolute atomic E-state index is 13.9. The average molecular weight is 613 g/mol. The van der Waals surface area contributed by atoms with E-state index in [1.54, 1.807) is 20.8 Å². The van der Waals surface area contributed by atoms with E-state index in [0.717, 1.165) is 23.8 Å². The number of anilines is 1. The Morgan fingerprint density at radius 2 is 1.70 bits per heavy atom. The van der Waals surface area contributed by atoms with Gasteiger partial charge >= 0.3 is 6.09 Å². The highest BCUT2D eigenvalue weighted by molar-refractivity contribution is 5.98. The molecule has 0 spiro atoms. The minimum Gasteiger partial charge on any atom is -0.444 e. The molecule has 0 heterocycles. The van der Waals surface area contributed by atoms with Crippen molar-refractivity contribution >= 4 is 23.6 Å². The molecule has 3 unspecified atom stereocenters. The molecule has 0 fully saturated rings. The van der Waals surface area contributed by atoms with Crippen molar-refractivity contribution in [1.82, 2.24) is 10.6 Å². The lowest BCUT2D eigenvalue weighted by molar-refractivity contribution is -0.126. The summed E-state index contributed by atoms with van der Waals surface area (Å²) < 4.78 is 38.3. The lowest BCUT2D eigenvalue weighted by atomic mass is 10.1. The van der Waals surface area contributed by atoms with Gasteiger partial charge < -0.3 is 36.3 Å². The quantitative estimate of drug-likeness (QED) is 0.198. The Kier molecular flexibility index (Phi) is 12.3. The van der Waals surface area contributed by atoms with Crippen LogP contribution in [0.5, 0.6) is 0 Å². The predicted molar refractivity (Wildman–Crippen MR) is 161 cm³/mol. The molecular formula is C32H38F2N4O6. The van der Waals surface area contributed by atoms with Crippen LogP contribution in [0.25, 0.3) is 0 Å². The van der Waals surface area contributed by atoms with Gasteiger partial charge in [0, 0.05) is 23.8 Å². The van der Waals surface area contributed by atoms with E-state index in [1.807, 2.05) is 30.3 Å². The predicted octanol–water partition coefficient (Wildman–Crippen LogP) is 3.67. The van der Waals surface area contributed by atoms with Gasteiger partial charge in [-0.2, -0.15) is 0 Å². The Morgan fingerprint density at radius 1 is 0.977 bits per heavy atom. The molecule has 44 heavy (non-hydrogen) atoms. The molecule has 0 aliphatic heterocycles. The average Bonchev–Trinajstić information content (AvgIpc) is 2.96. The van der Waals surface area contributed by atoms with Crippen LogP contribution in [0.2, 0.25) is 0 Å². The number of hydrogen-bond donors (Lipinski definition) is 5. The van der Waals surface area contributed by atoms with Crippen LogP contribution in [0.3, 0.4) is 0 Å². The Morgan fingerprint density at radius 3 is 2.41 bits per heavy atom. The molecule has 3 rings (SSSR count). The van der Waals surface area contributed by atoms with E-state index in [1.165, 1.54) is 24.3 Å². The largest absolute Gasteiger partial charge is 0.444 e. The molecule has 3 amide bonds. The summed E-state index contributed by atoms with van der Waals surface area (Å²) in [6.07, 6.45) is -2.57. The van der Waals surface area contributed by atoms with E-state index < -0.39 is 53.3 Å². The number of rotatable bonds is 13. The van der Waals surface area contributed by atoms with Crippen LogP contribution in [0, 0.1) is 11.6 Å². The fraction of sp³-hybridized carbons (Fsp3) is 0.344. The number of nitrogens with one attached hydrogen (secondary N) is 3. The van der Waals surface area contributed by atoms with Gasteiger partial charge in [0.15, 0.2) is 6.10 Å². The normalized spacial score (nSPS) is 13.3. The van der Waals surface area contributed by atoms with Crippen molar-refractivity contribution in [2.24, 2.45) is 5.73 Å². The Bertz CT molecular complexity index is 1420. The van der Waals surface area contributed by atoms with Gasteiger partial charge in [-0.15, -0.1) is 0 Å². The van der Waals surface area contributed by atoms with Crippen molar-refractivity contribution in [3.05, 3.63) is 101 Å². The van der Waals surface area contributed by atoms with Gasteiger partial charge in [0.1, 0.15) is 17.2 Å². The highest BCUT2D eigenvalue weighted by atomic mass is 19.1. The third kappa shape index (κ3) is 11.4. The number of benzene rings is 3. The van der Waals surface area contributed by atoms with Crippen molar-refractivity contribution < 1.29 is 37.7 Å². The summed E-state index contributed by atoms with van der Waals surface area (Å²) in [5.74, 6) is -2.56. The summed E-state index contributed by atoms with van der Waals surface area (Å²) in [5, 5.41) is 18.5. The van der Waals surface area contributed by atoms with Crippen molar-refractivity contribution in [3.63, 3.8) is 0 Å². The summed E-state index contributed by atoms with van der Waals surface area (Å²) in [7, 11) is 0. The van der Waals surface area contributed by atoms with Gasteiger partial charge in [0.05, 0.1) is 19.3 Å². The molecule has 0 aromatic heterocycles. The van der Waals surface area contributed by atoms with Gasteiger partial charge in [-0.25, -0.2) is 13.6 Å². The summed E-state index contributed by atoms with van der Waals surface area (Å²) in [6, 6.07) is 16.4. The number of nitrogens with two attached hydrogens (primary N) is 1. The minimum absolute atomic E-state index is 0.00538. The second-order valence-electron chi connectivity index (χ2n) is 11.2. The van der Waals surface area contributed by atoms with E-state index in [2.05, 4.69) is 16.0 Å². The number of carbonyl (C=O) groups is 3. The molecule has 3 aromatic rings. The zero-order valence-corrected chi connectivity index (χ0v) is 24.8. The SMILES string of the molecule is CC(C)(C)OC(=O)NC(COCc1ccccc1)C(O)C(=O)Nc1cccc(C(=O)NCC(N)Cc2cc(F)ccc2F)c1. The van der Waals surface area contributed by atoms with Crippen LogP contribution in [-0.2, 0) is 27.3 Å². The molecule has 3 atom stereocenters. The standard InChI is InChI=1S/C32H38F2N4O6/c1-32(2,3)44-31(42)38-27(19-43-18-20-8-5-4-6-9-20)28(39)30(41)37-25-11-7-10-21(16-25)29(40)36-17-24(35)15-22-14-23(33)12-13-26(22)34/h4-14,16,24,27-28,39H,15,17-19,35H2,1-3H3,(H,36,40)(H,37,41)(H,38,42). The molecule has 0 aliphatic rings. The van der Waals surface area contributed by atoms with Crippen molar-refractivity contribution in [3.8, 4) is 0 Å². The van der Waals surface area contributed by atoms with E-state index >= 15 is 0 Å². The number of ether oxygens (including phenoxy) is 2. The third-order valence-corrected chi connectivity index (χ3v) is 6.17. The number of aliphatic hydroxyl groups is 1. The van der Waals surface area contributed by atoms with Crippen LogP contribution in [0.15, 0.2) is 72.8 Å². The van der Waals surface area contributed by atoms with Gasteiger partial charge in [0.25, 0.3) is 11.8 Å². The molecule has 0 aliphatic carbocycles. The second-order valence-corrected chi connectivity index (χ2v) is 11.2. The van der Waals surface area contributed by atoms with Crippen LogP contribution < -0.4 is 21.7 Å². The van der Waals surface area contributed by atoms with Crippen LogP contribution in [-0.4, -0.2) is 60.0 Å². The topological polar surface area (TPSA) is 152 Å². The monoisotopic (exact) mass is 612 g/mol. The lowest BCUT2D eigenvalue weighted by Crippen LogP contribution is -2.52. The highest BCUT2D eigenvalue weighted by Crippen LogP contribution is 2.14. The number of aliphatic hydroxyl groups excluding tert-OH is 1. The smallest absolute Gasteiger partial charge is 0.408 e. The zero-order chi connectivity index (χ0) is 32.3. The van der Waals surface area contributed by atoms with E-state index in [0.29, 0.717) is 0 Å². The van der Waals surface area contributed by atoms with E-state index in [4.69, 9.17) is 15.2 Å². The van der Waals surface area contributed by atoms with Gasteiger partial charge in [-0.05, 0) is 74.7 Å². The number of amides is 3. The van der Waals surface area contributed by atoms with Crippen LogP contribution >= 0.6 is 0 Å². The summed E-state index contributed by atoms with van der Waals surface area (Å²) in [6.45, 7) is 4.99. The van der Waals surface area contributed by atoms with Crippen molar-refractivity contribution in [2.45, 2.75) is 57.6 Å². The lowest BCUT2D eigenvalue weighted by Gasteiger charge is -2.26. The number of alkyl carbamates (subject to hydrolysis) is 1. The number of halogens is 2. The molecule has 0 radical (unpaired) electrons. The van der Waals surface area contributed by atoms with E-state index in [-0.39, 0.29) is 43.0 Å². The number of carbonyl (C=O) groups excluding carboxylic acids is 3. The first kappa shape index (κ1) is 34.1. The summed E-state index contributed by atoms with van der Waals surface area (Å²) in [5.41, 5.74) is 6.53. The van der Waals surface area contributed by atoms with Crippen LogP contribution in [0.1, 0.15) is 42.3 Å². The first-order valence-electron chi connectivity index (χ1n) is 14.0. The fourth-order valence-electron chi connectivity index (χ4n) is 4.07.